The third kappa shape index (κ3) is 5.59. The van der Waals surface area contributed by atoms with E-state index in [9.17, 15) is 4.79 Å². The van der Waals surface area contributed by atoms with Crippen molar-refractivity contribution < 1.29 is 4.79 Å². The minimum atomic E-state index is 0. The van der Waals surface area contributed by atoms with Crippen molar-refractivity contribution in [3.63, 3.8) is 0 Å². The number of hydrogen-bond acceptors (Lipinski definition) is 2. The van der Waals surface area contributed by atoms with Crippen molar-refractivity contribution in [2.45, 2.75) is 58.5 Å². The van der Waals surface area contributed by atoms with Gasteiger partial charge in [0.25, 0.3) is 0 Å². The van der Waals surface area contributed by atoms with E-state index in [1.165, 1.54) is 36.8 Å². The molecule has 150 valence electrons. The van der Waals surface area contributed by atoms with Crippen molar-refractivity contribution in [3.05, 3.63) is 35.4 Å². The predicted octanol–water partition coefficient (Wildman–Crippen LogP) is 3.67. The summed E-state index contributed by atoms with van der Waals surface area (Å²) in [6, 6.07) is 8.32. The van der Waals surface area contributed by atoms with Gasteiger partial charge in [-0.05, 0) is 42.2 Å². The fourth-order valence-corrected chi connectivity index (χ4v) is 3.94. The molecule has 1 aliphatic carbocycles. The molecule has 1 fully saturated rings. The summed E-state index contributed by atoms with van der Waals surface area (Å²) >= 11 is 0. The van der Waals surface area contributed by atoms with Gasteiger partial charge < -0.3 is 15.5 Å². The summed E-state index contributed by atoms with van der Waals surface area (Å²) in [7, 11) is 1.81. The van der Waals surface area contributed by atoms with Gasteiger partial charge >= 0.3 is 0 Å². The largest absolute Gasteiger partial charge is 0.356 e. The smallest absolute Gasteiger partial charge is 0.223 e. The molecule has 0 spiro atoms. The monoisotopic (exact) mass is 484 g/mol. The Hall–Kier alpha value is -1.31. The first-order valence-electron chi connectivity index (χ1n) is 9.95. The number of hydrogen-bond donors (Lipinski definition) is 2. The van der Waals surface area contributed by atoms with Crippen LogP contribution >= 0.6 is 24.0 Å². The molecule has 1 aromatic carbocycles. The molecular weight excluding hydrogens is 451 g/mol. The van der Waals surface area contributed by atoms with Crippen molar-refractivity contribution >= 4 is 35.8 Å². The Labute approximate surface area is 180 Å². The van der Waals surface area contributed by atoms with E-state index in [4.69, 9.17) is 0 Å². The molecule has 1 amide bonds. The molecular formula is C21H33IN4O. The zero-order valence-corrected chi connectivity index (χ0v) is 18.9. The minimum absolute atomic E-state index is 0. The predicted molar refractivity (Wildman–Crippen MR) is 121 cm³/mol. The maximum absolute atomic E-state index is 12.4. The number of guanidine groups is 1. The van der Waals surface area contributed by atoms with Crippen molar-refractivity contribution in [1.82, 2.24) is 15.5 Å². The van der Waals surface area contributed by atoms with Crippen LogP contribution < -0.4 is 10.6 Å². The molecule has 6 heteroatoms. The van der Waals surface area contributed by atoms with Gasteiger partial charge in [0.1, 0.15) is 0 Å². The molecule has 0 unspecified atom stereocenters. The van der Waals surface area contributed by atoms with E-state index in [-0.39, 0.29) is 29.9 Å². The summed E-state index contributed by atoms with van der Waals surface area (Å²) < 4.78 is 0. The molecule has 1 aromatic rings. The van der Waals surface area contributed by atoms with Crippen LogP contribution in [0.3, 0.4) is 0 Å². The van der Waals surface area contributed by atoms with Gasteiger partial charge in [-0.15, -0.1) is 24.0 Å². The topological polar surface area (TPSA) is 56.7 Å². The number of aliphatic imine (C=N–C) groups is 1. The molecule has 2 aliphatic rings. The first-order chi connectivity index (χ1) is 12.7. The van der Waals surface area contributed by atoms with Crippen LogP contribution in [0.25, 0.3) is 0 Å². The molecule has 2 N–H and O–H groups in total. The van der Waals surface area contributed by atoms with Crippen LogP contribution in [0.2, 0.25) is 0 Å². The van der Waals surface area contributed by atoms with Gasteiger partial charge in [-0.25, -0.2) is 0 Å². The van der Waals surface area contributed by atoms with Gasteiger partial charge in [0, 0.05) is 39.6 Å². The van der Waals surface area contributed by atoms with Crippen molar-refractivity contribution in [2.75, 3.05) is 20.1 Å². The summed E-state index contributed by atoms with van der Waals surface area (Å²) in [6.07, 6.45) is 6.62. The fraction of sp³-hybridized carbons (Fsp3) is 0.619. The van der Waals surface area contributed by atoms with E-state index in [0.717, 1.165) is 38.6 Å². The molecule has 3 rings (SSSR count). The summed E-state index contributed by atoms with van der Waals surface area (Å²) in [5.74, 6) is 1.09. The number of amides is 1. The highest BCUT2D eigenvalue weighted by Crippen LogP contribution is 2.42. The number of halogens is 1. The molecule has 5 nitrogen and oxygen atoms in total. The molecule has 0 saturated heterocycles. The Bertz CT molecular complexity index is 627. The summed E-state index contributed by atoms with van der Waals surface area (Å²) in [6.45, 7) is 5.55. The average molecular weight is 484 g/mol. The number of benzene rings is 1. The fourth-order valence-electron chi connectivity index (χ4n) is 3.94. The van der Waals surface area contributed by atoms with Crippen molar-refractivity contribution in [3.8, 4) is 0 Å². The van der Waals surface area contributed by atoms with Gasteiger partial charge in [0.15, 0.2) is 5.96 Å². The Balaban J connectivity index is 0.00000261. The Morgan fingerprint density at radius 1 is 1.19 bits per heavy atom. The normalized spacial score (nSPS) is 17.6. The third-order valence-corrected chi connectivity index (χ3v) is 6.07. The number of fused-ring (bicyclic) bond motifs is 1. The zero-order valence-electron chi connectivity index (χ0n) is 16.6. The van der Waals surface area contributed by atoms with Crippen molar-refractivity contribution in [1.29, 1.82) is 0 Å². The van der Waals surface area contributed by atoms with Crippen LogP contribution in [-0.4, -0.2) is 36.9 Å². The van der Waals surface area contributed by atoms with E-state index in [1.54, 1.807) is 7.05 Å². The lowest BCUT2D eigenvalue weighted by molar-refractivity contribution is -0.131. The van der Waals surface area contributed by atoms with Crippen LogP contribution in [0, 0.1) is 5.41 Å². The van der Waals surface area contributed by atoms with Crippen LogP contribution in [0.1, 0.15) is 56.6 Å². The zero-order chi connectivity index (χ0) is 18.4. The van der Waals surface area contributed by atoms with E-state index < -0.39 is 0 Å². The first kappa shape index (κ1) is 22.0. The summed E-state index contributed by atoms with van der Waals surface area (Å²) in [5.41, 5.74) is 3.03. The lowest BCUT2D eigenvalue weighted by atomic mass is 9.67. The number of carbonyl (C=O) groups is 1. The molecule has 0 aromatic heterocycles. The van der Waals surface area contributed by atoms with E-state index in [1.807, 2.05) is 17.0 Å². The van der Waals surface area contributed by atoms with Crippen LogP contribution in [0.5, 0.6) is 0 Å². The maximum atomic E-state index is 12.4. The Morgan fingerprint density at radius 3 is 2.37 bits per heavy atom. The van der Waals surface area contributed by atoms with Gasteiger partial charge in [0.05, 0.1) is 0 Å². The average Bonchev–Trinajstić information content (AvgIpc) is 3.07. The molecule has 1 aliphatic heterocycles. The van der Waals surface area contributed by atoms with E-state index >= 15 is 0 Å². The molecule has 1 heterocycles. The van der Waals surface area contributed by atoms with Gasteiger partial charge in [-0.1, -0.05) is 37.6 Å². The minimum Gasteiger partial charge on any atom is -0.356 e. The van der Waals surface area contributed by atoms with Crippen LogP contribution in [0.4, 0.5) is 0 Å². The van der Waals surface area contributed by atoms with Gasteiger partial charge in [-0.3, -0.25) is 9.79 Å². The molecule has 0 bridgehead atoms. The SMILES string of the molecule is CCC1(CNC(=NC)NCCCC(=O)N2Cc3ccccc3C2)CCC1.I. The number of nitrogens with zero attached hydrogens (tertiary/aromatic N) is 2. The van der Waals surface area contributed by atoms with E-state index in [2.05, 4.69) is 34.7 Å². The Kier molecular flexibility index (Phi) is 8.38. The molecule has 27 heavy (non-hydrogen) atoms. The van der Waals surface area contributed by atoms with Crippen molar-refractivity contribution in [2.24, 2.45) is 10.4 Å². The maximum Gasteiger partial charge on any atom is 0.223 e. The standard InChI is InChI=1S/C21H32N4O.HI/c1-3-21(11-7-12-21)16-24-20(22-2)23-13-6-10-19(26)25-14-17-8-4-5-9-18(17)15-25;/h4-5,8-9H,3,6-7,10-16H2,1-2H3,(H2,22,23,24);1H. The molecule has 0 atom stereocenters. The highest BCUT2D eigenvalue weighted by molar-refractivity contribution is 14.0. The van der Waals surface area contributed by atoms with Crippen LogP contribution in [0.15, 0.2) is 29.3 Å². The first-order valence-corrected chi connectivity index (χ1v) is 9.95. The number of rotatable bonds is 7. The van der Waals surface area contributed by atoms with Gasteiger partial charge in [-0.2, -0.15) is 0 Å². The lowest BCUT2D eigenvalue weighted by Crippen LogP contribution is -2.46. The number of nitrogens with one attached hydrogen (secondary N) is 2. The number of carbonyl (C=O) groups excluding carboxylic acids is 1. The second kappa shape index (κ2) is 10.3. The Morgan fingerprint density at radius 2 is 1.85 bits per heavy atom. The lowest BCUT2D eigenvalue weighted by Gasteiger charge is -2.41. The summed E-state index contributed by atoms with van der Waals surface area (Å²) in [4.78, 5) is 18.7. The van der Waals surface area contributed by atoms with Crippen LogP contribution in [-0.2, 0) is 17.9 Å². The quantitative estimate of drug-likeness (QED) is 0.269. The summed E-state index contributed by atoms with van der Waals surface area (Å²) in [5, 5.41) is 6.81. The molecule has 0 radical (unpaired) electrons. The van der Waals surface area contributed by atoms with E-state index in [0.29, 0.717) is 11.8 Å². The second-order valence-electron chi connectivity index (χ2n) is 7.68. The highest BCUT2D eigenvalue weighted by Gasteiger charge is 2.34. The molecule has 1 saturated carbocycles. The second-order valence-corrected chi connectivity index (χ2v) is 7.68. The third-order valence-electron chi connectivity index (χ3n) is 6.07. The highest BCUT2D eigenvalue weighted by atomic mass is 127. The van der Waals surface area contributed by atoms with Gasteiger partial charge in [0.2, 0.25) is 5.91 Å².